The fourth-order valence-corrected chi connectivity index (χ4v) is 2.56. The van der Waals surface area contributed by atoms with E-state index in [-0.39, 0.29) is 0 Å². The summed E-state index contributed by atoms with van der Waals surface area (Å²) < 4.78 is 0. The minimum Gasteiger partial charge on any atom is -0.127 e. The number of rotatable bonds is 3. The molecule has 1 aliphatic carbocycles. The normalized spacial score (nSPS) is 16.7. The van der Waals surface area contributed by atoms with Crippen LogP contribution in [0.4, 0.5) is 0 Å². The van der Waals surface area contributed by atoms with Gasteiger partial charge in [0.15, 0.2) is 0 Å². The summed E-state index contributed by atoms with van der Waals surface area (Å²) in [5, 5.41) is 0. The van der Waals surface area contributed by atoms with Crippen LogP contribution in [0.25, 0.3) is 0 Å². The van der Waals surface area contributed by atoms with Crippen LogP contribution in [0, 0.1) is 0 Å². The SMILES string of the molecule is CC(CCCl)c1ccc2c(c1)CCC2. The molecular formula is C13H17Cl. The summed E-state index contributed by atoms with van der Waals surface area (Å²) in [6.45, 7) is 2.26. The lowest BCUT2D eigenvalue weighted by atomic mass is 9.95. The van der Waals surface area contributed by atoms with Crippen molar-refractivity contribution in [2.75, 3.05) is 5.88 Å². The standard InChI is InChI=1S/C13H17Cl/c1-10(7-8-14)12-6-5-11-3-2-4-13(11)9-12/h5-6,9-10H,2-4,7-8H2,1H3. The molecule has 0 amide bonds. The molecule has 1 aromatic rings. The molecule has 1 heteroatoms. The Morgan fingerprint density at radius 3 is 2.86 bits per heavy atom. The van der Waals surface area contributed by atoms with E-state index in [0.717, 1.165) is 12.3 Å². The van der Waals surface area contributed by atoms with Crippen molar-refractivity contribution in [2.45, 2.75) is 38.5 Å². The van der Waals surface area contributed by atoms with Crippen LogP contribution in [0.15, 0.2) is 18.2 Å². The van der Waals surface area contributed by atoms with Crippen LogP contribution in [0.1, 0.15) is 42.4 Å². The number of hydrogen-bond acceptors (Lipinski definition) is 0. The van der Waals surface area contributed by atoms with Crippen molar-refractivity contribution >= 4 is 11.6 Å². The Bertz CT molecular complexity index is 317. The van der Waals surface area contributed by atoms with Gasteiger partial charge in [0.25, 0.3) is 0 Å². The van der Waals surface area contributed by atoms with Crippen molar-refractivity contribution in [1.29, 1.82) is 0 Å². The van der Waals surface area contributed by atoms with Gasteiger partial charge in [-0.15, -0.1) is 11.6 Å². The lowest BCUT2D eigenvalue weighted by Gasteiger charge is -2.11. The Kier molecular flexibility index (Phi) is 3.12. The Balaban J connectivity index is 2.19. The first-order valence-corrected chi connectivity index (χ1v) is 6.02. The van der Waals surface area contributed by atoms with Crippen molar-refractivity contribution < 1.29 is 0 Å². The zero-order valence-electron chi connectivity index (χ0n) is 8.72. The maximum atomic E-state index is 5.76. The second kappa shape index (κ2) is 4.35. The average Bonchev–Trinajstić information content (AvgIpc) is 2.64. The third-order valence-corrected chi connectivity index (χ3v) is 3.45. The molecule has 0 spiro atoms. The molecule has 0 aromatic heterocycles. The minimum atomic E-state index is 0.610. The molecule has 1 atom stereocenters. The predicted octanol–water partition coefficient (Wildman–Crippen LogP) is 3.91. The molecule has 0 radical (unpaired) electrons. The van der Waals surface area contributed by atoms with Crippen LogP contribution in [0.5, 0.6) is 0 Å². The van der Waals surface area contributed by atoms with Crippen molar-refractivity contribution in [3.05, 3.63) is 34.9 Å². The summed E-state index contributed by atoms with van der Waals surface area (Å²) in [4.78, 5) is 0. The maximum absolute atomic E-state index is 5.76. The quantitative estimate of drug-likeness (QED) is 0.661. The first-order valence-electron chi connectivity index (χ1n) is 5.49. The second-order valence-corrected chi connectivity index (χ2v) is 4.64. The summed E-state index contributed by atoms with van der Waals surface area (Å²) in [6, 6.07) is 6.98. The molecule has 1 aliphatic rings. The molecule has 0 bridgehead atoms. The van der Waals surface area contributed by atoms with E-state index in [1.54, 1.807) is 11.1 Å². The number of hydrogen-bond donors (Lipinski definition) is 0. The van der Waals surface area contributed by atoms with Gasteiger partial charge in [0, 0.05) is 5.88 Å². The molecule has 0 saturated heterocycles. The van der Waals surface area contributed by atoms with Crippen molar-refractivity contribution in [2.24, 2.45) is 0 Å². The van der Waals surface area contributed by atoms with Gasteiger partial charge in [-0.05, 0) is 48.3 Å². The van der Waals surface area contributed by atoms with Gasteiger partial charge in [-0.3, -0.25) is 0 Å². The summed E-state index contributed by atoms with van der Waals surface area (Å²) in [5.41, 5.74) is 4.60. The monoisotopic (exact) mass is 208 g/mol. The van der Waals surface area contributed by atoms with Gasteiger partial charge in [0.2, 0.25) is 0 Å². The lowest BCUT2D eigenvalue weighted by Crippen LogP contribution is -1.96. The summed E-state index contributed by atoms with van der Waals surface area (Å²) in [6.07, 6.45) is 4.97. The lowest BCUT2D eigenvalue weighted by molar-refractivity contribution is 0.737. The van der Waals surface area contributed by atoms with Crippen molar-refractivity contribution in [3.8, 4) is 0 Å². The fraction of sp³-hybridized carbons (Fsp3) is 0.538. The smallest absolute Gasteiger partial charge is 0.0229 e. The van der Waals surface area contributed by atoms with Crippen LogP contribution in [0.3, 0.4) is 0 Å². The summed E-state index contributed by atoms with van der Waals surface area (Å²) in [5.74, 6) is 1.37. The minimum absolute atomic E-state index is 0.610. The molecule has 2 rings (SSSR count). The summed E-state index contributed by atoms with van der Waals surface area (Å²) in [7, 11) is 0. The zero-order chi connectivity index (χ0) is 9.97. The molecule has 1 aromatic carbocycles. The molecule has 0 N–H and O–H groups in total. The zero-order valence-corrected chi connectivity index (χ0v) is 9.48. The first kappa shape index (κ1) is 10.0. The Labute approximate surface area is 91.3 Å². The van der Waals surface area contributed by atoms with E-state index in [2.05, 4.69) is 25.1 Å². The second-order valence-electron chi connectivity index (χ2n) is 4.26. The molecule has 76 valence electrons. The van der Waals surface area contributed by atoms with Gasteiger partial charge in [0.1, 0.15) is 0 Å². The average molecular weight is 209 g/mol. The van der Waals surface area contributed by atoms with Crippen molar-refractivity contribution in [3.63, 3.8) is 0 Å². The highest BCUT2D eigenvalue weighted by Gasteiger charge is 2.12. The fourth-order valence-electron chi connectivity index (χ4n) is 2.23. The van der Waals surface area contributed by atoms with E-state index >= 15 is 0 Å². The van der Waals surface area contributed by atoms with Gasteiger partial charge < -0.3 is 0 Å². The van der Waals surface area contributed by atoms with E-state index in [0.29, 0.717) is 5.92 Å². The van der Waals surface area contributed by atoms with E-state index in [1.807, 2.05) is 0 Å². The first-order chi connectivity index (χ1) is 6.81. The van der Waals surface area contributed by atoms with E-state index in [1.165, 1.54) is 24.8 Å². The van der Waals surface area contributed by atoms with E-state index in [4.69, 9.17) is 11.6 Å². The van der Waals surface area contributed by atoms with Gasteiger partial charge in [-0.25, -0.2) is 0 Å². The summed E-state index contributed by atoms with van der Waals surface area (Å²) >= 11 is 5.76. The third-order valence-electron chi connectivity index (χ3n) is 3.23. The van der Waals surface area contributed by atoms with Gasteiger partial charge in [0.05, 0.1) is 0 Å². The molecular weight excluding hydrogens is 192 g/mol. The molecule has 0 heterocycles. The van der Waals surface area contributed by atoms with Crippen LogP contribution >= 0.6 is 11.6 Å². The van der Waals surface area contributed by atoms with Gasteiger partial charge >= 0.3 is 0 Å². The van der Waals surface area contributed by atoms with Crippen LogP contribution in [-0.4, -0.2) is 5.88 Å². The number of alkyl halides is 1. The third kappa shape index (κ3) is 1.95. The number of fused-ring (bicyclic) bond motifs is 1. The molecule has 0 saturated carbocycles. The molecule has 14 heavy (non-hydrogen) atoms. The van der Waals surface area contributed by atoms with E-state index < -0.39 is 0 Å². The Hall–Kier alpha value is -0.490. The molecule has 0 fully saturated rings. The number of aryl methyl sites for hydroxylation is 2. The van der Waals surface area contributed by atoms with Crippen LogP contribution < -0.4 is 0 Å². The van der Waals surface area contributed by atoms with Gasteiger partial charge in [-0.2, -0.15) is 0 Å². The highest BCUT2D eigenvalue weighted by atomic mass is 35.5. The predicted molar refractivity (Wildman–Crippen MR) is 62.2 cm³/mol. The highest BCUT2D eigenvalue weighted by Crippen LogP contribution is 2.27. The van der Waals surface area contributed by atoms with Crippen LogP contribution in [-0.2, 0) is 12.8 Å². The Morgan fingerprint density at radius 2 is 2.07 bits per heavy atom. The van der Waals surface area contributed by atoms with Crippen molar-refractivity contribution in [1.82, 2.24) is 0 Å². The topological polar surface area (TPSA) is 0 Å². The number of benzene rings is 1. The van der Waals surface area contributed by atoms with E-state index in [9.17, 15) is 0 Å². The Morgan fingerprint density at radius 1 is 1.29 bits per heavy atom. The molecule has 0 aliphatic heterocycles. The maximum Gasteiger partial charge on any atom is 0.0229 e. The highest BCUT2D eigenvalue weighted by molar-refractivity contribution is 6.17. The molecule has 0 nitrogen and oxygen atoms in total. The number of halogens is 1. The van der Waals surface area contributed by atoms with Crippen LogP contribution in [0.2, 0.25) is 0 Å². The largest absolute Gasteiger partial charge is 0.127 e. The van der Waals surface area contributed by atoms with Gasteiger partial charge in [-0.1, -0.05) is 25.1 Å². The molecule has 1 unspecified atom stereocenters.